The summed E-state index contributed by atoms with van der Waals surface area (Å²) in [5.41, 5.74) is 9.54. The molecule has 0 aliphatic carbocycles. The van der Waals surface area contributed by atoms with E-state index in [1.807, 2.05) is 11.8 Å². The number of hydrogen-bond donors (Lipinski definition) is 2. The van der Waals surface area contributed by atoms with Crippen LogP contribution in [-0.4, -0.2) is 11.5 Å². The van der Waals surface area contributed by atoms with Crippen molar-refractivity contribution >= 4 is 33.4 Å². The first kappa shape index (κ1) is 15.3. The molecule has 120 valence electrons. The molecular weight excluding hydrogens is 312 g/mol. The van der Waals surface area contributed by atoms with Crippen LogP contribution in [0.4, 0.5) is 0 Å². The van der Waals surface area contributed by atoms with Gasteiger partial charge < -0.3 is 10.7 Å². The number of aromatic amines is 1. The molecule has 3 aromatic carbocycles. The van der Waals surface area contributed by atoms with Crippen LogP contribution in [0.5, 0.6) is 0 Å². The van der Waals surface area contributed by atoms with Crippen molar-refractivity contribution in [3.8, 4) is 0 Å². The highest BCUT2D eigenvalue weighted by atomic mass is 32.2. The van der Waals surface area contributed by atoms with E-state index in [1.165, 1.54) is 42.7 Å². The summed E-state index contributed by atoms with van der Waals surface area (Å²) in [5, 5.41) is 3.88. The summed E-state index contributed by atoms with van der Waals surface area (Å²) < 4.78 is 0. The fourth-order valence-electron chi connectivity index (χ4n) is 3.30. The monoisotopic (exact) mass is 332 g/mol. The number of nitrogens with one attached hydrogen (secondary N) is 1. The molecule has 0 bridgehead atoms. The first-order chi connectivity index (χ1) is 11.8. The molecule has 24 heavy (non-hydrogen) atoms. The van der Waals surface area contributed by atoms with Crippen LogP contribution in [0.25, 0.3) is 21.7 Å². The van der Waals surface area contributed by atoms with Crippen LogP contribution in [0.3, 0.4) is 0 Å². The van der Waals surface area contributed by atoms with Crippen molar-refractivity contribution in [2.24, 2.45) is 5.73 Å². The second-order valence-corrected chi connectivity index (χ2v) is 7.17. The first-order valence-corrected chi connectivity index (χ1v) is 9.05. The number of H-pyrrole nitrogens is 1. The third-order valence-corrected chi connectivity index (χ3v) is 5.53. The molecule has 0 unspecified atom stereocenters. The lowest BCUT2D eigenvalue weighted by atomic mass is 10.1. The second-order valence-electron chi connectivity index (χ2n) is 6.05. The van der Waals surface area contributed by atoms with E-state index in [0.29, 0.717) is 6.54 Å². The van der Waals surface area contributed by atoms with E-state index < -0.39 is 0 Å². The number of fused-ring (bicyclic) bond motifs is 2. The molecule has 0 aliphatic rings. The van der Waals surface area contributed by atoms with Crippen LogP contribution in [0, 0.1) is 6.92 Å². The number of aryl methyl sites for hydroxylation is 1. The lowest BCUT2D eigenvalue weighted by Crippen LogP contribution is -2.03. The van der Waals surface area contributed by atoms with Crippen molar-refractivity contribution in [3.63, 3.8) is 0 Å². The van der Waals surface area contributed by atoms with Crippen molar-refractivity contribution in [1.29, 1.82) is 0 Å². The molecular formula is C21H20N2S. The van der Waals surface area contributed by atoms with Gasteiger partial charge in [0.1, 0.15) is 0 Å². The number of aromatic nitrogens is 1. The summed E-state index contributed by atoms with van der Waals surface area (Å²) in [6, 6.07) is 21.7. The van der Waals surface area contributed by atoms with E-state index in [4.69, 9.17) is 5.73 Å². The highest BCUT2D eigenvalue weighted by molar-refractivity contribution is 7.99. The molecule has 0 spiro atoms. The van der Waals surface area contributed by atoms with Gasteiger partial charge in [0.05, 0.1) is 0 Å². The second kappa shape index (κ2) is 6.34. The number of benzene rings is 3. The Balaban J connectivity index is 1.77. The average molecular weight is 332 g/mol. The molecule has 0 amide bonds. The maximum atomic E-state index is 5.78. The largest absolute Gasteiger partial charge is 0.358 e. The Bertz CT molecular complexity index is 1010. The van der Waals surface area contributed by atoms with E-state index in [2.05, 4.69) is 72.6 Å². The van der Waals surface area contributed by atoms with Crippen LogP contribution < -0.4 is 5.73 Å². The summed E-state index contributed by atoms with van der Waals surface area (Å²) in [6.45, 7) is 2.80. The van der Waals surface area contributed by atoms with Gasteiger partial charge in [0.15, 0.2) is 0 Å². The Morgan fingerprint density at radius 2 is 1.79 bits per heavy atom. The van der Waals surface area contributed by atoms with Crippen LogP contribution in [-0.2, 0) is 6.42 Å². The topological polar surface area (TPSA) is 41.8 Å². The molecule has 0 saturated carbocycles. The average Bonchev–Trinajstić information content (AvgIpc) is 2.91. The van der Waals surface area contributed by atoms with Gasteiger partial charge in [-0.25, -0.2) is 0 Å². The number of nitrogens with two attached hydrogens (primary N) is 1. The minimum absolute atomic E-state index is 0.675. The van der Waals surface area contributed by atoms with E-state index in [-0.39, 0.29) is 0 Å². The molecule has 0 aliphatic heterocycles. The van der Waals surface area contributed by atoms with Crippen molar-refractivity contribution in [2.75, 3.05) is 6.54 Å². The van der Waals surface area contributed by atoms with E-state index in [0.717, 1.165) is 6.42 Å². The van der Waals surface area contributed by atoms with Crippen LogP contribution in [0.2, 0.25) is 0 Å². The van der Waals surface area contributed by atoms with Gasteiger partial charge in [-0.2, -0.15) is 0 Å². The van der Waals surface area contributed by atoms with E-state index in [1.54, 1.807) is 0 Å². The molecule has 3 N–H and O–H groups in total. The van der Waals surface area contributed by atoms with Crippen molar-refractivity contribution in [2.45, 2.75) is 23.1 Å². The third kappa shape index (κ3) is 2.70. The van der Waals surface area contributed by atoms with Crippen molar-refractivity contribution in [3.05, 3.63) is 71.9 Å². The molecule has 0 atom stereocenters. The molecule has 4 rings (SSSR count). The van der Waals surface area contributed by atoms with Crippen LogP contribution in [0.1, 0.15) is 11.3 Å². The Kier molecular flexibility index (Phi) is 4.05. The summed E-state index contributed by atoms with van der Waals surface area (Å²) in [6.07, 6.45) is 0.911. The number of hydrogen-bond acceptors (Lipinski definition) is 2. The molecule has 0 fully saturated rings. The molecule has 1 aromatic heterocycles. The van der Waals surface area contributed by atoms with Crippen LogP contribution in [0.15, 0.2) is 70.5 Å². The van der Waals surface area contributed by atoms with Crippen LogP contribution >= 0.6 is 11.8 Å². The summed E-state index contributed by atoms with van der Waals surface area (Å²) >= 11 is 1.82. The van der Waals surface area contributed by atoms with Gasteiger partial charge in [-0.05, 0) is 60.5 Å². The minimum atomic E-state index is 0.675. The highest BCUT2D eigenvalue weighted by Crippen LogP contribution is 2.35. The lowest BCUT2D eigenvalue weighted by molar-refractivity contribution is 0.963. The van der Waals surface area contributed by atoms with E-state index >= 15 is 0 Å². The SMILES string of the molecule is Cc1[nH]c2ccc(Sc3cccc4ccccc34)cc2c1CCN. The van der Waals surface area contributed by atoms with Gasteiger partial charge in [-0.15, -0.1) is 0 Å². The Morgan fingerprint density at radius 1 is 0.958 bits per heavy atom. The standard InChI is InChI=1S/C21H20N2S/c1-14-17(11-12-22)19-13-16(9-10-20(19)23-14)24-21-8-4-6-15-5-2-3-7-18(15)21/h2-10,13,23H,11-12,22H2,1H3. The summed E-state index contributed by atoms with van der Waals surface area (Å²) in [5.74, 6) is 0. The molecule has 2 nitrogen and oxygen atoms in total. The normalized spacial score (nSPS) is 11.4. The molecule has 1 heterocycles. The van der Waals surface area contributed by atoms with Gasteiger partial charge in [0.25, 0.3) is 0 Å². The zero-order valence-corrected chi connectivity index (χ0v) is 14.5. The predicted molar refractivity (Wildman–Crippen MR) is 104 cm³/mol. The fourth-order valence-corrected chi connectivity index (χ4v) is 4.31. The fraction of sp³-hybridized carbons (Fsp3) is 0.143. The first-order valence-electron chi connectivity index (χ1n) is 8.23. The quantitative estimate of drug-likeness (QED) is 0.534. The summed E-state index contributed by atoms with van der Waals surface area (Å²) in [4.78, 5) is 6.02. The summed E-state index contributed by atoms with van der Waals surface area (Å²) in [7, 11) is 0. The molecule has 0 radical (unpaired) electrons. The van der Waals surface area contributed by atoms with Gasteiger partial charge in [-0.3, -0.25) is 0 Å². The molecule has 3 heteroatoms. The van der Waals surface area contributed by atoms with E-state index in [9.17, 15) is 0 Å². The predicted octanol–water partition coefficient (Wildman–Crippen LogP) is 5.28. The molecule has 0 saturated heterocycles. The van der Waals surface area contributed by atoms with Gasteiger partial charge in [0, 0.05) is 26.4 Å². The minimum Gasteiger partial charge on any atom is -0.358 e. The lowest BCUT2D eigenvalue weighted by Gasteiger charge is -2.07. The molecule has 4 aromatic rings. The Hall–Kier alpha value is -2.23. The maximum Gasteiger partial charge on any atom is 0.0459 e. The van der Waals surface area contributed by atoms with Gasteiger partial charge in [-0.1, -0.05) is 48.2 Å². The Labute approximate surface area is 146 Å². The zero-order valence-electron chi connectivity index (χ0n) is 13.7. The smallest absolute Gasteiger partial charge is 0.0459 e. The number of rotatable bonds is 4. The van der Waals surface area contributed by atoms with Crippen molar-refractivity contribution in [1.82, 2.24) is 4.98 Å². The van der Waals surface area contributed by atoms with Gasteiger partial charge >= 0.3 is 0 Å². The van der Waals surface area contributed by atoms with Gasteiger partial charge in [0.2, 0.25) is 0 Å². The maximum absolute atomic E-state index is 5.78. The third-order valence-electron chi connectivity index (χ3n) is 4.46. The zero-order chi connectivity index (χ0) is 16.5. The Morgan fingerprint density at radius 3 is 2.67 bits per heavy atom. The van der Waals surface area contributed by atoms with Crippen molar-refractivity contribution < 1.29 is 0 Å². The highest BCUT2D eigenvalue weighted by Gasteiger charge is 2.10.